The van der Waals surface area contributed by atoms with E-state index in [0.29, 0.717) is 25.9 Å². The summed E-state index contributed by atoms with van der Waals surface area (Å²) in [5.74, 6) is -1.15. The Labute approximate surface area is 233 Å². The average molecular weight is 577 g/mol. The van der Waals surface area contributed by atoms with Gasteiger partial charge in [0, 0.05) is 6.61 Å². The molecule has 3 heterocycles. The lowest BCUT2D eigenvalue weighted by molar-refractivity contribution is -0.352. The Morgan fingerprint density at radius 3 is 2.30 bits per heavy atom. The van der Waals surface area contributed by atoms with Gasteiger partial charge in [-0.15, -0.1) is 0 Å². The number of fused-ring (bicyclic) bond motifs is 1. The van der Waals surface area contributed by atoms with E-state index < -0.39 is 92.3 Å². The van der Waals surface area contributed by atoms with Crippen molar-refractivity contribution in [3.8, 4) is 0 Å². The van der Waals surface area contributed by atoms with Gasteiger partial charge >= 0.3 is 5.97 Å². The topological polar surface area (TPSA) is 194 Å². The van der Waals surface area contributed by atoms with Crippen LogP contribution in [0.4, 0.5) is 0 Å². The lowest BCUT2D eigenvalue weighted by Gasteiger charge is -2.47. The molecule has 0 radical (unpaired) electrons. The summed E-state index contributed by atoms with van der Waals surface area (Å²) in [4.78, 5) is 12.1. The second kappa shape index (κ2) is 12.3. The normalized spacial score (nSPS) is 49.4. The third kappa shape index (κ3) is 6.20. The zero-order chi connectivity index (χ0) is 28.8. The molecule has 0 aromatic heterocycles. The van der Waals surface area contributed by atoms with Crippen LogP contribution in [0.2, 0.25) is 0 Å². The van der Waals surface area contributed by atoms with Crippen molar-refractivity contribution in [2.75, 3.05) is 13.2 Å². The van der Waals surface area contributed by atoms with Gasteiger partial charge in [0.25, 0.3) is 0 Å². The van der Waals surface area contributed by atoms with Crippen molar-refractivity contribution < 1.29 is 63.9 Å². The molecule has 5 fully saturated rings. The molecule has 5 rings (SSSR count). The van der Waals surface area contributed by atoms with Gasteiger partial charge in [-0.25, -0.2) is 4.79 Å². The number of carboxylic acid groups (broad SMARTS) is 1. The van der Waals surface area contributed by atoms with E-state index in [0.717, 1.165) is 25.7 Å². The fourth-order valence-electron chi connectivity index (χ4n) is 6.56. The molecule has 13 nitrogen and oxygen atoms in total. The van der Waals surface area contributed by atoms with Crippen molar-refractivity contribution in [2.24, 2.45) is 11.3 Å². The zero-order valence-electron chi connectivity index (χ0n) is 23.0. The van der Waals surface area contributed by atoms with Gasteiger partial charge in [-0.2, -0.15) is 0 Å². The molecule has 2 aliphatic carbocycles. The maximum Gasteiger partial charge on any atom is 0.332 e. The van der Waals surface area contributed by atoms with E-state index in [-0.39, 0.29) is 11.3 Å². The molecule has 5 aliphatic rings. The molecule has 40 heavy (non-hydrogen) atoms. The van der Waals surface area contributed by atoms with E-state index in [2.05, 4.69) is 0 Å². The molecular weight excluding hydrogens is 532 g/mol. The van der Waals surface area contributed by atoms with Crippen LogP contribution in [0.1, 0.15) is 58.8 Å². The molecule has 0 amide bonds. The number of hydrogen-bond acceptors (Lipinski definition) is 12. The Morgan fingerprint density at radius 2 is 1.62 bits per heavy atom. The summed E-state index contributed by atoms with van der Waals surface area (Å²) in [7, 11) is 0. The van der Waals surface area contributed by atoms with Crippen LogP contribution in [0.5, 0.6) is 0 Å². The third-order valence-corrected chi connectivity index (χ3v) is 9.40. The number of carboxylic acids is 1. The summed E-state index contributed by atoms with van der Waals surface area (Å²) < 4.78 is 36.5. The predicted octanol–water partition coefficient (Wildman–Crippen LogP) is -0.720. The Morgan fingerprint density at radius 1 is 0.875 bits per heavy atom. The maximum atomic E-state index is 12.1. The Kier molecular flexibility index (Phi) is 9.40. The van der Waals surface area contributed by atoms with Crippen molar-refractivity contribution in [1.29, 1.82) is 0 Å². The smallest absolute Gasteiger partial charge is 0.332 e. The number of aliphatic hydroxyl groups is 5. The molecular formula is C27H44O13. The first-order chi connectivity index (χ1) is 19.0. The highest BCUT2D eigenvalue weighted by molar-refractivity contribution is 5.72. The van der Waals surface area contributed by atoms with Gasteiger partial charge in [0.05, 0.1) is 24.9 Å². The van der Waals surface area contributed by atoms with Gasteiger partial charge in [-0.3, -0.25) is 0 Å². The summed E-state index contributed by atoms with van der Waals surface area (Å²) in [5, 5.41) is 61.7. The van der Waals surface area contributed by atoms with Crippen molar-refractivity contribution in [2.45, 2.75) is 139 Å². The quantitative estimate of drug-likeness (QED) is 0.232. The van der Waals surface area contributed by atoms with Gasteiger partial charge in [-0.1, -0.05) is 13.3 Å². The molecule has 6 N–H and O–H groups in total. The molecule has 13 heteroatoms. The van der Waals surface area contributed by atoms with Crippen LogP contribution in [-0.4, -0.2) is 130 Å². The van der Waals surface area contributed by atoms with Crippen LogP contribution in [-0.2, 0) is 33.2 Å². The first-order valence-corrected chi connectivity index (χ1v) is 14.5. The summed E-state index contributed by atoms with van der Waals surface area (Å²) in [6, 6.07) is 0. The van der Waals surface area contributed by atoms with Crippen LogP contribution in [0.25, 0.3) is 0 Å². The van der Waals surface area contributed by atoms with Crippen molar-refractivity contribution in [1.82, 2.24) is 0 Å². The molecule has 230 valence electrons. The molecule has 3 saturated heterocycles. The lowest BCUT2D eigenvalue weighted by Crippen LogP contribution is -2.63. The van der Waals surface area contributed by atoms with Gasteiger partial charge in [-0.05, 0) is 56.8 Å². The van der Waals surface area contributed by atoms with E-state index in [1.54, 1.807) is 6.92 Å². The number of carbonyl (C=O) groups is 1. The molecule has 0 bridgehead atoms. The minimum Gasteiger partial charge on any atom is -0.479 e. The molecule has 1 spiro atoms. The Balaban J connectivity index is 1.36. The molecule has 0 aromatic carbocycles. The van der Waals surface area contributed by atoms with Crippen LogP contribution in [0.15, 0.2) is 0 Å². The monoisotopic (exact) mass is 576 g/mol. The Hall–Kier alpha value is -0.970. The number of hydrogen-bond donors (Lipinski definition) is 6. The summed E-state index contributed by atoms with van der Waals surface area (Å²) in [5.41, 5.74) is -0.164. The predicted molar refractivity (Wildman–Crippen MR) is 134 cm³/mol. The van der Waals surface area contributed by atoms with Crippen LogP contribution >= 0.6 is 0 Å². The molecule has 14 atom stereocenters. The van der Waals surface area contributed by atoms with Crippen LogP contribution in [0.3, 0.4) is 0 Å². The summed E-state index contributed by atoms with van der Waals surface area (Å²) >= 11 is 0. The molecule has 14 unspecified atom stereocenters. The van der Waals surface area contributed by atoms with E-state index in [1.807, 2.05) is 6.92 Å². The zero-order valence-corrected chi connectivity index (χ0v) is 23.0. The SMILES string of the molecule is CC1CCCC(OC2OC(CO)C(O)C3OC(C(=O)O)CC4(CCOC23)CC4)C1OC1OC(C)C(O)C(O)C1O. The number of aliphatic hydroxyl groups excluding tert-OH is 5. The number of aliphatic carboxylic acids is 1. The van der Waals surface area contributed by atoms with E-state index >= 15 is 0 Å². The lowest BCUT2D eigenvalue weighted by atomic mass is 9.85. The number of ether oxygens (including phenoxy) is 6. The molecule has 0 aromatic rings. The van der Waals surface area contributed by atoms with Crippen molar-refractivity contribution in [3.63, 3.8) is 0 Å². The Bertz CT molecular complexity index is 869. The van der Waals surface area contributed by atoms with Crippen molar-refractivity contribution in [3.05, 3.63) is 0 Å². The average Bonchev–Trinajstić information content (AvgIpc) is 3.67. The largest absolute Gasteiger partial charge is 0.479 e. The van der Waals surface area contributed by atoms with Gasteiger partial charge in [0.2, 0.25) is 0 Å². The minimum absolute atomic E-state index is 0.0312. The second-order valence-corrected chi connectivity index (χ2v) is 12.3. The van der Waals surface area contributed by atoms with E-state index in [1.165, 1.54) is 0 Å². The number of rotatable bonds is 6. The van der Waals surface area contributed by atoms with Crippen LogP contribution in [0, 0.1) is 11.3 Å². The summed E-state index contributed by atoms with van der Waals surface area (Å²) in [6.07, 6.45) is -9.20. The fraction of sp³-hybridized carbons (Fsp3) is 0.963. The van der Waals surface area contributed by atoms with Gasteiger partial charge in [0.15, 0.2) is 18.7 Å². The van der Waals surface area contributed by atoms with Gasteiger partial charge in [0.1, 0.15) is 42.7 Å². The fourth-order valence-corrected chi connectivity index (χ4v) is 6.56. The first kappa shape index (κ1) is 30.5. The summed E-state index contributed by atoms with van der Waals surface area (Å²) in [6.45, 7) is 3.31. The highest BCUT2D eigenvalue weighted by Crippen LogP contribution is 2.53. The highest BCUT2D eigenvalue weighted by Gasteiger charge is 2.54. The molecule has 3 aliphatic heterocycles. The van der Waals surface area contributed by atoms with Crippen LogP contribution < -0.4 is 0 Å². The third-order valence-electron chi connectivity index (χ3n) is 9.40. The standard InChI is InChI=1S/C27H44O13/c1-12-4-3-5-14(21(12)40-25-20(32)19(31)17(29)13(2)36-25)38-26-23-22(18(30)16(11-28)39-26)37-15(24(33)34)10-27(6-7-27)8-9-35-23/h12-23,25-26,28-32H,3-11H2,1-2H3,(H,33,34). The minimum atomic E-state index is -1.47. The van der Waals surface area contributed by atoms with E-state index in [4.69, 9.17) is 28.4 Å². The molecule has 2 saturated carbocycles. The maximum absolute atomic E-state index is 12.1. The first-order valence-electron chi connectivity index (χ1n) is 14.5. The van der Waals surface area contributed by atoms with Gasteiger partial charge < -0.3 is 59.1 Å². The highest BCUT2D eigenvalue weighted by atomic mass is 16.7. The van der Waals surface area contributed by atoms with Crippen molar-refractivity contribution >= 4 is 5.97 Å². The van der Waals surface area contributed by atoms with E-state index in [9.17, 15) is 35.4 Å². The second-order valence-electron chi connectivity index (χ2n) is 12.3.